The minimum atomic E-state index is -4.67. The van der Waals surface area contributed by atoms with Crippen LogP contribution >= 0.6 is 0 Å². The summed E-state index contributed by atoms with van der Waals surface area (Å²) in [6.45, 7) is 1.06. The van der Waals surface area contributed by atoms with E-state index in [-0.39, 0.29) is 30.0 Å². The summed E-state index contributed by atoms with van der Waals surface area (Å²) in [7, 11) is 0. The van der Waals surface area contributed by atoms with Crippen LogP contribution in [0.1, 0.15) is 22.6 Å². The van der Waals surface area contributed by atoms with Crippen molar-refractivity contribution in [1.29, 1.82) is 0 Å². The maximum Gasteiger partial charge on any atom is 0.449 e. The van der Waals surface area contributed by atoms with E-state index in [0.29, 0.717) is 13.1 Å². The molecule has 0 spiro atoms. The highest BCUT2D eigenvalue weighted by molar-refractivity contribution is 5.23. The van der Waals surface area contributed by atoms with Gasteiger partial charge in [-0.05, 0) is 17.7 Å². The van der Waals surface area contributed by atoms with Crippen molar-refractivity contribution in [3.05, 3.63) is 63.1 Å². The first-order valence-electron chi connectivity index (χ1n) is 6.99. The van der Waals surface area contributed by atoms with Gasteiger partial charge in [0.25, 0.3) is 5.56 Å². The van der Waals surface area contributed by atoms with Crippen molar-refractivity contribution < 1.29 is 17.6 Å². The third-order valence-corrected chi connectivity index (χ3v) is 3.71. The van der Waals surface area contributed by atoms with Crippen LogP contribution in [0, 0.1) is 5.82 Å². The first kappa shape index (κ1) is 15.7. The lowest BCUT2D eigenvalue weighted by atomic mass is 10.1. The van der Waals surface area contributed by atoms with E-state index in [1.54, 1.807) is 17.1 Å². The number of aromatic nitrogens is 2. The fourth-order valence-electron chi connectivity index (χ4n) is 2.64. The zero-order valence-corrected chi connectivity index (χ0v) is 12.0. The maximum atomic E-state index is 13.2. The van der Waals surface area contributed by atoms with Crippen molar-refractivity contribution in [2.75, 3.05) is 6.54 Å². The van der Waals surface area contributed by atoms with Gasteiger partial charge in [-0.1, -0.05) is 12.1 Å². The second-order valence-electron chi connectivity index (χ2n) is 5.43. The normalized spacial score (nSPS) is 15.5. The van der Waals surface area contributed by atoms with Crippen molar-refractivity contribution in [1.82, 2.24) is 14.9 Å². The van der Waals surface area contributed by atoms with Crippen LogP contribution in [-0.2, 0) is 25.7 Å². The molecule has 2 aromatic rings. The van der Waals surface area contributed by atoms with Gasteiger partial charge in [-0.15, -0.1) is 0 Å². The van der Waals surface area contributed by atoms with Crippen LogP contribution in [0.3, 0.4) is 0 Å². The Hall–Kier alpha value is -2.22. The standard InChI is InChI=1S/C15H13F4N3O/c16-10-3-1-2-9(6-10)7-22-5-4-12-11(8-22)13(23)21-14(20-12)15(17,18)19/h1-3,6H,4-5,7-8H2,(H,20,21,23). The van der Waals surface area contributed by atoms with Crippen LogP contribution in [0.25, 0.3) is 0 Å². The number of hydrogen-bond acceptors (Lipinski definition) is 3. The van der Waals surface area contributed by atoms with E-state index in [1.165, 1.54) is 12.1 Å². The second kappa shape index (κ2) is 5.77. The molecular formula is C15H13F4N3O. The molecule has 122 valence electrons. The monoisotopic (exact) mass is 327 g/mol. The second-order valence-corrected chi connectivity index (χ2v) is 5.43. The van der Waals surface area contributed by atoms with Crippen molar-refractivity contribution >= 4 is 0 Å². The lowest BCUT2D eigenvalue weighted by Gasteiger charge is -2.27. The molecule has 0 amide bonds. The summed E-state index contributed by atoms with van der Waals surface area (Å²) in [6.07, 6.45) is -4.43. The molecule has 23 heavy (non-hydrogen) atoms. The summed E-state index contributed by atoms with van der Waals surface area (Å²) in [6, 6.07) is 6.08. The maximum absolute atomic E-state index is 13.2. The first-order valence-corrected chi connectivity index (χ1v) is 6.99. The van der Waals surface area contributed by atoms with E-state index in [9.17, 15) is 22.4 Å². The number of fused-ring (bicyclic) bond motifs is 1. The average molecular weight is 327 g/mol. The smallest absolute Gasteiger partial charge is 0.303 e. The fraction of sp³-hybridized carbons (Fsp3) is 0.333. The number of nitrogens with one attached hydrogen (secondary N) is 1. The molecule has 1 aromatic heterocycles. The van der Waals surface area contributed by atoms with Crippen LogP contribution in [0.15, 0.2) is 29.1 Å². The van der Waals surface area contributed by atoms with E-state index in [4.69, 9.17) is 0 Å². The van der Waals surface area contributed by atoms with E-state index in [2.05, 4.69) is 4.98 Å². The Morgan fingerprint density at radius 2 is 2.09 bits per heavy atom. The van der Waals surface area contributed by atoms with Gasteiger partial charge in [0.1, 0.15) is 5.82 Å². The molecule has 0 unspecified atom stereocenters. The van der Waals surface area contributed by atoms with Crippen molar-refractivity contribution in [3.8, 4) is 0 Å². The van der Waals surface area contributed by atoms with Gasteiger partial charge >= 0.3 is 6.18 Å². The topological polar surface area (TPSA) is 49.0 Å². The van der Waals surface area contributed by atoms with E-state index in [0.717, 1.165) is 5.56 Å². The first-order chi connectivity index (χ1) is 10.8. The number of H-pyrrole nitrogens is 1. The molecular weight excluding hydrogens is 314 g/mol. The molecule has 1 N–H and O–H groups in total. The Bertz CT molecular complexity index is 785. The molecule has 8 heteroatoms. The van der Waals surface area contributed by atoms with Crippen LogP contribution in [0.4, 0.5) is 17.6 Å². The molecule has 0 atom stereocenters. The Labute approximate surface area is 128 Å². The predicted octanol–water partition coefficient (Wildman–Crippen LogP) is 2.49. The number of hydrogen-bond donors (Lipinski definition) is 1. The molecule has 1 aromatic carbocycles. The van der Waals surface area contributed by atoms with Crippen LogP contribution in [0.2, 0.25) is 0 Å². The van der Waals surface area contributed by atoms with Gasteiger partial charge < -0.3 is 4.98 Å². The van der Waals surface area contributed by atoms with Crippen molar-refractivity contribution in [3.63, 3.8) is 0 Å². The van der Waals surface area contributed by atoms with Crippen molar-refractivity contribution in [2.45, 2.75) is 25.7 Å². The Kier molecular flexibility index (Phi) is 3.93. The summed E-state index contributed by atoms with van der Waals surface area (Å²) in [5.41, 5.74) is 0.383. The Balaban J connectivity index is 1.83. The average Bonchev–Trinajstić information content (AvgIpc) is 2.47. The number of aromatic amines is 1. The summed E-state index contributed by atoms with van der Waals surface area (Å²) < 4.78 is 51.2. The van der Waals surface area contributed by atoms with E-state index < -0.39 is 17.6 Å². The summed E-state index contributed by atoms with van der Waals surface area (Å²) in [5, 5.41) is 0. The molecule has 4 nitrogen and oxygen atoms in total. The third kappa shape index (κ3) is 3.42. The molecule has 3 rings (SSSR count). The molecule has 2 heterocycles. The van der Waals surface area contributed by atoms with Crippen LogP contribution in [0.5, 0.6) is 0 Å². The van der Waals surface area contributed by atoms with Crippen molar-refractivity contribution in [2.24, 2.45) is 0 Å². The number of benzene rings is 1. The van der Waals surface area contributed by atoms with Crippen LogP contribution < -0.4 is 5.56 Å². The number of halogens is 4. The molecule has 0 fully saturated rings. The van der Waals surface area contributed by atoms with Gasteiger partial charge in [0.05, 0.1) is 11.3 Å². The van der Waals surface area contributed by atoms with Gasteiger partial charge in [0.2, 0.25) is 5.82 Å². The molecule has 1 aliphatic heterocycles. The molecule has 0 saturated carbocycles. The van der Waals surface area contributed by atoms with Gasteiger partial charge in [0, 0.05) is 26.1 Å². The van der Waals surface area contributed by atoms with Gasteiger partial charge in [0.15, 0.2) is 0 Å². The highest BCUT2D eigenvalue weighted by Crippen LogP contribution is 2.26. The molecule has 0 bridgehead atoms. The third-order valence-electron chi connectivity index (χ3n) is 3.71. The number of alkyl halides is 3. The largest absolute Gasteiger partial charge is 0.449 e. The molecule has 0 saturated heterocycles. The lowest BCUT2D eigenvalue weighted by molar-refractivity contribution is -0.145. The summed E-state index contributed by atoms with van der Waals surface area (Å²) >= 11 is 0. The number of rotatable bonds is 2. The van der Waals surface area contributed by atoms with E-state index >= 15 is 0 Å². The fourth-order valence-corrected chi connectivity index (χ4v) is 2.64. The SMILES string of the molecule is O=c1[nH]c(C(F)(F)F)nc2c1CN(Cc1cccc(F)c1)CC2. The summed E-state index contributed by atoms with van der Waals surface area (Å²) in [4.78, 5) is 19.1. The van der Waals surface area contributed by atoms with E-state index in [1.807, 2.05) is 4.90 Å². The molecule has 0 aliphatic carbocycles. The molecule has 0 radical (unpaired) electrons. The highest BCUT2D eigenvalue weighted by Gasteiger charge is 2.35. The van der Waals surface area contributed by atoms with Gasteiger partial charge in [-0.25, -0.2) is 9.37 Å². The van der Waals surface area contributed by atoms with Crippen LogP contribution in [-0.4, -0.2) is 21.4 Å². The predicted molar refractivity (Wildman–Crippen MR) is 74.1 cm³/mol. The van der Waals surface area contributed by atoms with Gasteiger partial charge in [-0.3, -0.25) is 9.69 Å². The molecule has 1 aliphatic rings. The Morgan fingerprint density at radius 3 is 2.78 bits per heavy atom. The minimum Gasteiger partial charge on any atom is -0.303 e. The Morgan fingerprint density at radius 1 is 1.30 bits per heavy atom. The highest BCUT2D eigenvalue weighted by atomic mass is 19.4. The summed E-state index contributed by atoms with van der Waals surface area (Å²) in [5.74, 6) is -1.62. The zero-order chi connectivity index (χ0) is 16.6. The zero-order valence-electron chi connectivity index (χ0n) is 12.0. The quantitative estimate of drug-likeness (QED) is 0.862. The number of nitrogens with zero attached hydrogens (tertiary/aromatic N) is 2. The van der Waals surface area contributed by atoms with Gasteiger partial charge in [-0.2, -0.15) is 13.2 Å². The lowest BCUT2D eigenvalue weighted by Crippen LogP contribution is -2.36. The minimum absolute atomic E-state index is 0.177.